The molecule has 4 nitrogen and oxygen atoms in total. The van der Waals surface area contributed by atoms with E-state index in [2.05, 4.69) is 13.8 Å². The van der Waals surface area contributed by atoms with Gasteiger partial charge in [-0.25, -0.2) is 9.59 Å². The third kappa shape index (κ3) is 28.6. The first kappa shape index (κ1) is 12.4. The Morgan fingerprint density at radius 2 is 1.27 bits per heavy atom. The van der Waals surface area contributed by atoms with E-state index in [4.69, 9.17) is 10.2 Å². The fraction of sp³-hybridized carbons (Fsp3) is 0.429. The molecular formula is C7H12O4. The number of aliphatic carboxylic acids is 2. The molecule has 64 valence electrons. The van der Waals surface area contributed by atoms with Crippen LogP contribution in [-0.2, 0) is 9.59 Å². The Morgan fingerprint density at radius 1 is 1.09 bits per heavy atom. The second-order valence-corrected chi connectivity index (χ2v) is 1.72. The second kappa shape index (κ2) is 8.68. The van der Waals surface area contributed by atoms with Crippen LogP contribution in [0, 0.1) is 0 Å². The minimum Gasteiger partial charge on any atom is -0.478 e. The van der Waals surface area contributed by atoms with Gasteiger partial charge in [-0.05, 0) is 0 Å². The number of hydrogen-bond donors (Lipinski definition) is 2. The van der Waals surface area contributed by atoms with E-state index in [9.17, 15) is 9.59 Å². The highest BCUT2D eigenvalue weighted by atomic mass is 16.4. The van der Waals surface area contributed by atoms with Gasteiger partial charge >= 0.3 is 11.9 Å². The van der Waals surface area contributed by atoms with Gasteiger partial charge in [-0.1, -0.05) is 20.3 Å². The van der Waals surface area contributed by atoms with E-state index in [1.54, 1.807) is 0 Å². The molecule has 0 rings (SSSR count). The van der Waals surface area contributed by atoms with Crippen LogP contribution >= 0.6 is 0 Å². The molecule has 0 aliphatic rings. The van der Waals surface area contributed by atoms with Crippen molar-refractivity contribution in [3.05, 3.63) is 12.2 Å². The average Bonchev–Trinajstić information content (AvgIpc) is 1.85. The van der Waals surface area contributed by atoms with E-state index < -0.39 is 11.9 Å². The highest BCUT2D eigenvalue weighted by molar-refractivity contribution is 5.89. The van der Waals surface area contributed by atoms with E-state index in [1.165, 1.54) is 6.42 Å². The van der Waals surface area contributed by atoms with Crippen molar-refractivity contribution in [2.24, 2.45) is 0 Å². The van der Waals surface area contributed by atoms with Crippen molar-refractivity contribution in [1.82, 2.24) is 0 Å². The lowest BCUT2D eigenvalue weighted by Crippen LogP contribution is -1.91. The number of carbonyl (C=O) groups is 2. The molecule has 0 aromatic heterocycles. The Hall–Kier alpha value is -1.32. The van der Waals surface area contributed by atoms with Crippen molar-refractivity contribution in [2.45, 2.75) is 20.3 Å². The molecule has 0 amide bonds. The first-order valence-corrected chi connectivity index (χ1v) is 3.18. The van der Waals surface area contributed by atoms with E-state index in [0.717, 1.165) is 0 Å². The molecule has 0 bridgehead atoms. The van der Waals surface area contributed by atoms with Gasteiger partial charge in [0.2, 0.25) is 0 Å². The monoisotopic (exact) mass is 160 g/mol. The van der Waals surface area contributed by atoms with Gasteiger partial charge in [0.05, 0.1) is 0 Å². The molecule has 0 aliphatic carbocycles. The summed E-state index contributed by atoms with van der Waals surface area (Å²) < 4.78 is 0. The highest BCUT2D eigenvalue weighted by Gasteiger charge is 1.88. The normalized spacial score (nSPS) is 8.55. The molecule has 0 aliphatic heterocycles. The van der Waals surface area contributed by atoms with Crippen LogP contribution in [0.1, 0.15) is 20.3 Å². The maximum atomic E-state index is 9.55. The van der Waals surface area contributed by atoms with E-state index >= 15 is 0 Å². The zero-order valence-electron chi connectivity index (χ0n) is 6.57. The van der Waals surface area contributed by atoms with Crippen LogP contribution < -0.4 is 0 Å². The smallest absolute Gasteiger partial charge is 0.328 e. The SMILES string of the molecule is CCC.O=C(O)/C=C\C(=O)O. The predicted molar refractivity (Wildman–Crippen MR) is 40.4 cm³/mol. The summed E-state index contributed by atoms with van der Waals surface area (Å²) in [7, 11) is 0. The van der Waals surface area contributed by atoms with Crippen LogP contribution in [0.2, 0.25) is 0 Å². The Bertz CT molecular complexity index is 133. The molecule has 0 spiro atoms. The standard InChI is InChI=1S/C4H4O4.C3H8/c5-3(6)1-2-4(7)8;1-3-2/h1-2H,(H,5,6)(H,7,8);3H2,1-2H3/b2-1-;. The molecule has 0 saturated carbocycles. The minimum atomic E-state index is -1.26. The molecule has 0 unspecified atom stereocenters. The quantitative estimate of drug-likeness (QED) is 0.594. The summed E-state index contributed by atoms with van der Waals surface area (Å²) in [4.78, 5) is 19.1. The average molecular weight is 160 g/mol. The van der Waals surface area contributed by atoms with Gasteiger partial charge in [0, 0.05) is 12.2 Å². The summed E-state index contributed by atoms with van der Waals surface area (Å²) in [5, 5.41) is 15.6. The largest absolute Gasteiger partial charge is 0.478 e. The molecule has 0 heterocycles. The van der Waals surface area contributed by atoms with Crippen LogP contribution in [-0.4, -0.2) is 22.2 Å². The minimum absolute atomic E-state index is 0.558. The fourth-order valence-electron chi connectivity index (χ4n) is 0.143. The molecule has 0 fully saturated rings. The van der Waals surface area contributed by atoms with Gasteiger partial charge in [-0.15, -0.1) is 0 Å². The summed E-state index contributed by atoms with van der Waals surface area (Å²) in [6.45, 7) is 4.25. The van der Waals surface area contributed by atoms with Crippen molar-refractivity contribution in [3.63, 3.8) is 0 Å². The molecule has 0 atom stereocenters. The van der Waals surface area contributed by atoms with Gasteiger partial charge in [-0.3, -0.25) is 0 Å². The van der Waals surface area contributed by atoms with Crippen molar-refractivity contribution in [3.8, 4) is 0 Å². The molecule has 11 heavy (non-hydrogen) atoms. The van der Waals surface area contributed by atoms with Crippen LogP contribution in [0.3, 0.4) is 0 Å². The first-order valence-electron chi connectivity index (χ1n) is 3.18. The Labute approximate surface area is 65.2 Å². The molecule has 0 aromatic rings. The maximum Gasteiger partial charge on any atom is 0.328 e. The van der Waals surface area contributed by atoms with Crippen LogP contribution in [0.4, 0.5) is 0 Å². The summed E-state index contributed by atoms with van der Waals surface area (Å²) in [5.41, 5.74) is 0. The van der Waals surface area contributed by atoms with Gasteiger partial charge in [0.15, 0.2) is 0 Å². The summed E-state index contributed by atoms with van der Waals surface area (Å²) in [6, 6.07) is 0. The van der Waals surface area contributed by atoms with Crippen molar-refractivity contribution in [1.29, 1.82) is 0 Å². The van der Waals surface area contributed by atoms with Gasteiger partial charge < -0.3 is 10.2 Å². The summed E-state index contributed by atoms with van der Waals surface area (Å²) in [6.07, 6.45) is 2.37. The van der Waals surface area contributed by atoms with Crippen LogP contribution in [0.5, 0.6) is 0 Å². The van der Waals surface area contributed by atoms with Crippen molar-refractivity contribution >= 4 is 11.9 Å². The highest BCUT2D eigenvalue weighted by Crippen LogP contribution is 1.70. The molecule has 0 radical (unpaired) electrons. The van der Waals surface area contributed by atoms with Gasteiger partial charge in [0.1, 0.15) is 0 Å². The number of carboxylic acid groups (broad SMARTS) is 2. The maximum absolute atomic E-state index is 9.55. The molecule has 0 aromatic carbocycles. The zero-order valence-corrected chi connectivity index (χ0v) is 6.57. The lowest BCUT2D eigenvalue weighted by Gasteiger charge is -1.74. The Balaban J connectivity index is 0. The van der Waals surface area contributed by atoms with E-state index in [-0.39, 0.29) is 0 Å². The van der Waals surface area contributed by atoms with Crippen LogP contribution in [0.15, 0.2) is 12.2 Å². The lowest BCUT2D eigenvalue weighted by atomic mass is 10.5. The fourth-order valence-corrected chi connectivity index (χ4v) is 0.143. The number of carboxylic acids is 2. The van der Waals surface area contributed by atoms with E-state index in [1.807, 2.05) is 0 Å². The van der Waals surface area contributed by atoms with Gasteiger partial charge in [-0.2, -0.15) is 0 Å². The lowest BCUT2D eigenvalue weighted by molar-refractivity contribution is -0.134. The molecule has 2 N–H and O–H groups in total. The van der Waals surface area contributed by atoms with E-state index in [0.29, 0.717) is 12.2 Å². The van der Waals surface area contributed by atoms with Crippen LogP contribution in [0.25, 0.3) is 0 Å². The Morgan fingerprint density at radius 3 is 1.36 bits per heavy atom. The van der Waals surface area contributed by atoms with Gasteiger partial charge in [0.25, 0.3) is 0 Å². The van der Waals surface area contributed by atoms with Crippen molar-refractivity contribution < 1.29 is 19.8 Å². The zero-order chi connectivity index (χ0) is 9.28. The Kier molecular flexibility index (Phi) is 9.76. The molecule has 4 heteroatoms. The second-order valence-electron chi connectivity index (χ2n) is 1.72. The molecular weight excluding hydrogens is 148 g/mol. The van der Waals surface area contributed by atoms with Crippen molar-refractivity contribution in [2.75, 3.05) is 0 Å². The number of rotatable bonds is 2. The predicted octanol–water partition coefficient (Wildman–Crippen LogP) is 1.13. The summed E-state index contributed by atoms with van der Waals surface area (Å²) in [5.74, 6) is -2.51. The first-order chi connectivity index (χ1) is 5.04. The topological polar surface area (TPSA) is 74.6 Å². The third-order valence-corrected chi connectivity index (χ3v) is 0.368. The third-order valence-electron chi connectivity index (χ3n) is 0.368. The summed E-state index contributed by atoms with van der Waals surface area (Å²) >= 11 is 0. The molecule has 0 saturated heterocycles. The number of hydrogen-bond acceptors (Lipinski definition) is 2.